The van der Waals surface area contributed by atoms with Crippen molar-refractivity contribution in [3.63, 3.8) is 0 Å². The van der Waals surface area contributed by atoms with E-state index in [1.54, 1.807) is 16.8 Å². The lowest BCUT2D eigenvalue weighted by atomic mass is 10.1. The van der Waals surface area contributed by atoms with E-state index < -0.39 is 5.97 Å². The zero-order chi connectivity index (χ0) is 23.8. The second kappa shape index (κ2) is 8.68. The fourth-order valence-electron chi connectivity index (χ4n) is 4.19. The smallest absolute Gasteiger partial charge is 0.335 e. The first-order valence-electron chi connectivity index (χ1n) is 10.7. The number of fused-ring (bicyclic) bond motifs is 3. The molecule has 0 aliphatic carbocycles. The molecule has 5 rings (SSSR count). The molecule has 1 amide bonds. The van der Waals surface area contributed by atoms with Gasteiger partial charge in [0.25, 0.3) is 5.91 Å². The number of carboxylic acids is 1. The van der Waals surface area contributed by atoms with Gasteiger partial charge in [-0.25, -0.2) is 4.79 Å². The van der Waals surface area contributed by atoms with Crippen molar-refractivity contribution in [3.05, 3.63) is 100 Å². The van der Waals surface area contributed by atoms with Gasteiger partial charge in [0.1, 0.15) is 5.52 Å². The van der Waals surface area contributed by atoms with E-state index in [0.29, 0.717) is 17.1 Å². The predicted molar refractivity (Wildman–Crippen MR) is 131 cm³/mol. The molecular weight excluding hydrogens is 452 g/mol. The summed E-state index contributed by atoms with van der Waals surface area (Å²) >= 11 is 6.17. The lowest BCUT2D eigenvalue weighted by Crippen LogP contribution is -2.23. The van der Waals surface area contributed by atoms with Crippen molar-refractivity contribution in [1.29, 1.82) is 0 Å². The van der Waals surface area contributed by atoms with Crippen LogP contribution in [0.2, 0.25) is 5.02 Å². The first-order chi connectivity index (χ1) is 16.4. The molecule has 0 saturated heterocycles. The number of hydrogen-bond acceptors (Lipinski definition) is 3. The summed E-state index contributed by atoms with van der Waals surface area (Å²) in [5, 5.41) is 19.1. The highest BCUT2D eigenvalue weighted by atomic mass is 35.5. The van der Waals surface area contributed by atoms with Crippen LogP contribution < -0.4 is 5.32 Å². The molecule has 0 aliphatic rings. The largest absolute Gasteiger partial charge is 0.478 e. The summed E-state index contributed by atoms with van der Waals surface area (Å²) in [5.41, 5.74) is 4.22. The lowest BCUT2D eigenvalue weighted by Gasteiger charge is -2.12. The van der Waals surface area contributed by atoms with Crippen molar-refractivity contribution < 1.29 is 14.7 Å². The van der Waals surface area contributed by atoms with E-state index >= 15 is 0 Å². The van der Waals surface area contributed by atoms with E-state index in [-0.39, 0.29) is 18.0 Å². The number of carboxylic acid groups (broad SMARTS) is 1. The van der Waals surface area contributed by atoms with Gasteiger partial charge in [-0.2, -0.15) is 5.10 Å². The maximum atomic E-state index is 13.3. The number of hydrogen-bond donors (Lipinski definition) is 2. The van der Waals surface area contributed by atoms with Crippen LogP contribution in [0, 0.1) is 0 Å². The maximum Gasteiger partial charge on any atom is 0.335 e. The molecule has 0 radical (unpaired) electrons. The van der Waals surface area contributed by atoms with Gasteiger partial charge in [-0.1, -0.05) is 35.9 Å². The van der Waals surface area contributed by atoms with E-state index in [1.807, 2.05) is 60.4 Å². The molecule has 0 unspecified atom stereocenters. The van der Waals surface area contributed by atoms with E-state index in [1.165, 1.54) is 12.1 Å². The number of aromatic carboxylic acids is 1. The van der Waals surface area contributed by atoms with Gasteiger partial charge in [-0.05, 0) is 47.5 Å². The summed E-state index contributed by atoms with van der Waals surface area (Å²) in [6.45, 7) is 0.833. The molecule has 0 spiro atoms. The summed E-state index contributed by atoms with van der Waals surface area (Å²) in [5.74, 6) is -1.20. The molecule has 0 fully saturated rings. The van der Waals surface area contributed by atoms with Crippen LogP contribution in [0.4, 0.5) is 0 Å². The van der Waals surface area contributed by atoms with Crippen molar-refractivity contribution in [2.24, 2.45) is 7.05 Å². The third-order valence-electron chi connectivity index (χ3n) is 5.77. The number of halogens is 1. The average molecular weight is 473 g/mol. The Labute approximate surface area is 200 Å². The van der Waals surface area contributed by atoms with Crippen LogP contribution in [0.15, 0.2) is 73.1 Å². The predicted octanol–water partition coefficient (Wildman–Crippen LogP) is 4.86. The van der Waals surface area contributed by atoms with Gasteiger partial charge >= 0.3 is 5.97 Å². The molecular formula is C26H21ClN4O3. The molecule has 0 bridgehead atoms. The number of amides is 1. The maximum absolute atomic E-state index is 13.3. The molecule has 2 aromatic heterocycles. The SMILES string of the molecule is Cn1cc2cc(C(=O)NCc3ccc(C(=O)O)cc3)c3c(ccn3Cc3cccc(Cl)c3)c2n1. The molecule has 2 N–H and O–H groups in total. The Balaban J connectivity index is 1.51. The Hall–Kier alpha value is -4.10. The minimum Gasteiger partial charge on any atom is -0.478 e. The molecule has 3 aromatic carbocycles. The van der Waals surface area contributed by atoms with Crippen molar-refractivity contribution in [2.75, 3.05) is 0 Å². The Morgan fingerprint density at radius 1 is 1.06 bits per heavy atom. The standard InChI is InChI=1S/C26H21ClN4O3/c1-30-15-19-12-22(25(32)28-13-16-5-7-18(8-6-16)26(33)34)24-21(23(19)29-30)9-10-31(24)14-17-3-2-4-20(27)11-17/h2-12,15H,13-14H2,1H3,(H,28,32)(H,33,34). The molecule has 0 aliphatic heterocycles. The number of aryl methyl sites for hydroxylation is 1. The molecule has 2 heterocycles. The van der Waals surface area contributed by atoms with Gasteiger partial charge in [0.2, 0.25) is 0 Å². The molecule has 170 valence electrons. The van der Waals surface area contributed by atoms with Crippen LogP contribution in [0.3, 0.4) is 0 Å². The second-order valence-corrected chi connectivity index (χ2v) is 8.62. The van der Waals surface area contributed by atoms with Crippen LogP contribution in [-0.4, -0.2) is 31.3 Å². The summed E-state index contributed by atoms with van der Waals surface area (Å²) < 4.78 is 3.77. The zero-order valence-corrected chi connectivity index (χ0v) is 19.1. The first kappa shape index (κ1) is 21.7. The monoisotopic (exact) mass is 472 g/mol. The minimum atomic E-state index is -0.983. The normalized spacial score (nSPS) is 11.2. The highest BCUT2D eigenvalue weighted by Crippen LogP contribution is 2.30. The highest BCUT2D eigenvalue weighted by Gasteiger charge is 2.19. The fourth-order valence-corrected chi connectivity index (χ4v) is 4.40. The Morgan fingerprint density at radius 3 is 2.59 bits per heavy atom. The van der Waals surface area contributed by atoms with Crippen LogP contribution in [0.1, 0.15) is 31.8 Å². The molecule has 7 nitrogen and oxygen atoms in total. The van der Waals surface area contributed by atoms with E-state index in [9.17, 15) is 9.59 Å². The number of nitrogens with zero attached hydrogens (tertiary/aromatic N) is 3. The van der Waals surface area contributed by atoms with Gasteiger partial charge in [0, 0.05) is 48.3 Å². The molecule has 0 atom stereocenters. The molecule has 0 saturated carbocycles. The van der Waals surface area contributed by atoms with Crippen LogP contribution in [0.25, 0.3) is 21.8 Å². The van der Waals surface area contributed by atoms with Crippen molar-refractivity contribution in [2.45, 2.75) is 13.1 Å². The van der Waals surface area contributed by atoms with Gasteiger partial charge < -0.3 is 15.0 Å². The fraction of sp³-hybridized carbons (Fsp3) is 0.115. The van der Waals surface area contributed by atoms with Crippen LogP contribution in [0.5, 0.6) is 0 Å². The number of carbonyl (C=O) groups excluding carboxylic acids is 1. The number of nitrogens with one attached hydrogen (secondary N) is 1. The van der Waals surface area contributed by atoms with Crippen LogP contribution in [-0.2, 0) is 20.1 Å². The quantitative estimate of drug-likeness (QED) is 0.369. The van der Waals surface area contributed by atoms with Crippen molar-refractivity contribution in [3.8, 4) is 0 Å². The molecule has 8 heteroatoms. The minimum absolute atomic E-state index is 0.206. The molecule has 5 aromatic rings. The molecule has 34 heavy (non-hydrogen) atoms. The number of benzene rings is 3. The number of aromatic nitrogens is 3. The Kier molecular flexibility index (Phi) is 5.55. The number of carbonyl (C=O) groups is 2. The number of rotatable bonds is 6. The van der Waals surface area contributed by atoms with Gasteiger partial charge in [-0.15, -0.1) is 0 Å². The third-order valence-corrected chi connectivity index (χ3v) is 6.01. The zero-order valence-electron chi connectivity index (χ0n) is 18.3. The van der Waals surface area contributed by atoms with E-state index in [0.717, 1.165) is 32.9 Å². The first-order valence-corrected chi connectivity index (χ1v) is 11.1. The van der Waals surface area contributed by atoms with E-state index in [4.69, 9.17) is 16.7 Å². The Bertz CT molecular complexity index is 1550. The van der Waals surface area contributed by atoms with Gasteiger partial charge in [0.15, 0.2) is 0 Å². The van der Waals surface area contributed by atoms with Gasteiger partial charge in [0.05, 0.1) is 16.6 Å². The van der Waals surface area contributed by atoms with Crippen molar-refractivity contribution in [1.82, 2.24) is 19.7 Å². The summed E-state index contributed by atoms with van der Waals surface area (Å²) in [6.07, 6.45) is 3.85. The van der Waals surface area contributed by atoms with Crippen molar-refractivity contribution >= 4 is 45.3 Å². The summed E-state index contributed by atoms with van der Waals surface area (Å²) in [6, 6.07) is 17.9. The summed E-state index contributed by atoms with van der Waals surface area (Å²) in [7, 11) is 1.86. The highest BCUT2D eigenvalue weighted by molar-refractivity contribution is 6.30. The Morgan fingerprint density at radius 2 is 1.85 bits per heavy atom. The summed E-state index contributed by atoms with van der Waals surface area (Å²) in [4.78, 5) is 24.4. The van der Waals surface area contributed by atoms with Crippen LogP contribution >= 0.6 is 11.6 Å². The topological polar surface area (TPSA) is 89.1 Å². The third kappa shape index (κ3) is 4.13. The second-order valence-electron chi connectivity index (χ2n) is 8.19. The van der Waals surface area contributed by atoms with Gasteiger partial charge in [-0.3, -0.25) is 9.48 Å². The van der Waals surface area contributed by atoms with E-state index in [2.05, 4.69) is 10.4 Å². The lowest BCUT2D eigenvalue weighted by molar-refractivity contribution is 0.0696. The average Bonchev–Trinajstić information content (AvgIpc) is 3.40.